The number of hydrogen-bond acceptors (Lipinski definition) is 1. The van der Waals surface area contributed by atoms with Crippen LogP contribution in [-0.4, -0.2) is 12.0 Å². The molecule has 1 aromatic rings. The van der Waals surface area contributed by atoms with Crippen molar-refractivity contribution in [2.24, 2.45) is 0 Å². The molecule has 0 aromatic heterocycles. The van der Waals surface area contributed by atoms with E-state index in [1.54, 1.807) is 0 Å². The molecule has 76 valence electrons. The number of hydrogen-bond donors (Lipinski definition) is 0. The van der Waals surface area contributed by atoms with Crippen LogP contribution in [0.15, 0.2) is 6.07 Å². The molecule has 14 heavy (non-hydrogen) atoms. The van der Waals surface area contributed by atoms with E-state index < -0.39 is 0 Å². The Balaban J connectivity index is 2.48. The number of fused-ring (bicyclic) bond motifs is 1. The highest BCUT2D eigenvalue weighted by Crippen LogP contribution is 2.35. The fourth-order valence-corrected chi connectivity index (χ4v) is 2.16. The van der Waals surface area contributed by atoms with Crippen LogP contribution in [0.1, 0.15) is 22.3 Å². The summed E-state index contributed by atoms with van der Waals surface area (Å²) in [5, 5.41) is 0. The number of alkyl halides is 1. The molecule has 2 rings (SSSR count). The summed E-state index contributed by atoms with van der Waals surface area (Å²) in [5.74, 6) is 1.61. The molecule has 1 atom stereocenters. The Morgan fingerprint density at radius 2 is 2.07 bits per heavy atom. The lowest BCUT2D eigenvalue weighted by Gasteiger charge is -2.09. The van der Waals surface area contributed by atoms with Crippen molar-refractivity contribution in [2.75, 3.05) is 5.88 Å². The van der Waals surface area contributed by atoms with Crippen LogP contribution in [-0.2, 0) is 6.42 Å². The van der Waals surface area contributed by atoms with E-state index in [9.17, 15) is 0 Å². The molecule has 0 bridgehead atoms. The van der Waals surface area contributed by atoms with E-state index >= 15 is 0 Å². The summed E-state index contributed by atoms with van der Waals surface area (Å²) < 4.78 is 5.74. The number of aryl methyl sites for hydroxylation is 1. The highest BCUT2D eigenvalue weighted by molar-refractivity contribution is 6.18. The molecule has 0 saturated heterocycles. The first-order valence-electron chi connectivity index (χ1n) is 4.95. The zero-order chi connectivity index (χ0) is 10.3. The van der Waals surface area contributed by atoms with Crippen molar-refractivity contribution in [1.29, 1.82) is 0 Å². The second kappa shape index (κ2) is 3.47. The van der Waals surface area contributed by atoms with E-state index in [2.05, 4.69) is 26.8 Å². The molecule has 1 aliphatic heterocycles. The van der Waals surface area contributed by atoms with Gasteiger partial charge in [0.2, 0.25) is 0 Å². The molecular weight excluding hydrogens is 196 g/mol. The van der Waals surface area contributed by atoms with E-state index in [4.69, 9.17) is 16.3 Å². The fourth-order valence-electron chi connectivity index (χ4n) is 1.99. The standard InChI is InChI=1S/C12H15ClO/c1-7-4-12-11(9(3)8(7)2)5-10(6-13)14-12/h4,10H,5-6H2,1-3H3. The molecule has 0 aliphatic carbocycles. The van der Waals surface area contributed by atoms with Crippen molar-refractivity contribution in [3.8, 4) is 5.75 Å². The first-order valence-corrected chi connectivity index (χ1v) is 5.49. The Bertz CT molecular complexity index is 371. The van der Waals surface area contributed by atoms with E-state index in [-0.39, 0.29) is 6.10 Å². The normalized spacial score (nSPS) is 19.3. The molecule has 1 aromatic carbocycles. The topological polar surface area (TPSA) is 9.23 Å². The molecule has 0 radical (unpaired) electrons. The van der Waals surface area contributed by atoms with Crippen LogP contribution in [0.3, 0.4) is 0 Å². The molecule has 1 unspecified atom stereocenters. The van der Waals surface area contributed by atoms with E-state index in [1.165, 1.54) is 22.3 Å². The molecule has 0 N–H and O–H groups in total. The maximum absolute atomic E-state index is 5.80. The predicted octanol–water partition coefficient (Wildman–Crippen LogP) is 3.15. The Morgan fingerprint density at radius 3 is 2.71 bits per heavy atom. The largest absolute Gasteiger partial charge is 0.489 e. The fraction of sp³-hybridized carbons (Fsp3) is 0.500. The first-order chi connectivity index (χ1) is 6.63. The summed E-state index contributed by atoms with van der Waals surface area (Å²) in [5.41, 5.74) is 5.39. The number of benzene rings is 1. The summed E-state index contributed by atoms with van der Waals surface area (Å²) in [4.78, 5) is 0. The van der Waals surface area contributed by atoms with Gasteiger partial charge in [0.15, 0.2) is 0 Å². The molecule has 0 amide bonds. The highest BCUT2D eigenvalue weighted by Gasteiger charge is 2.24. The monoisotopic (exact) mass is 210 g/mol. The minimum atomic E-state index is 0.173. The highest BCUT2D eigenvalue weighted by atomic mass is 35.5. The van der Waals surface area contributed by atoms with Crippen molar-refractivity contribution < 1.29 is 4.74 Å². The van der Waals surface area contributed by atoms with Gasteiger partial charge in [-0.15, -0.1) is 11.6 Å². The molecule has 0 spiro atoms. The zero-order valence-corrected chi connectivity index (χ0v) is 9.61. The molecule has 1 nitrogen and oxygen atoms in total. The Labute approximate surface area is 90.0 Å². The van der Waals surface area contributed by atoms with Gasteiger partial charge in [0.1, 0.15) is 11.9 Å². The maximum Gasteiger partial charge on any atom is 0.123 e. The number of rotatable bonds is 1. The van der Waals surface area contributed by atoms with Crippen molar-refractivity contribution in [2.45, 2.75) is 33.3 Å². The van der Waals surface area contributed by atoms with Crippen molar-refractivity contribution >= 4 is 11.6 Å². The van der Waals surface area contributed by atoms with Gasteiger partial charge in [-0.1, -0.05) is 0 Å². The van der Waals surface area contributed by atoms with E-state index in [0.29, 0.717) is 5.88 Å². The summed E-state index contributed by atoms with van der Waals surface area (Å²) in [6.45, 7) is 6.46. The first kappa shape index (κ1) is 9.85. The van der Waals surface area contributed by atoms with E-state index in [0.717, 1.165) is 12.2 Å². The number of halogens is 1. The third-order valence-corrected chi connectivity index (χ3v) is 3.49. The van der Waals surface area contributed by atoms with Crippen LogP contribution < -0.4 is 4.74 Å². The maximum atomic E-state index is 5.80. The van der Waals surface area contributed by atoms with Crippen LogP contribution in [0.25, 0.3) is 0 Å². The summed E-state index contributed by atoms with van der Waals surface area (Å²) in [6.07, 6.45) is 1.14. The van der Waals surface area contributed by atoms with Crippen LogP contribution in [0, 0.1) is 20.8 Å². The van der Waals surface area contributed by atoms with Crippen LogP contribution in [0.2, 0.25) is 0 Å². The minimum absolute atomic E-state index is 0.173. The van der Waals surface area contributed by atoms with Crippen LogP contribution >= 0.6 is 11.6 Å². The SMILES string of the molecule is Cc1cc2c(c(C)c1C)CC(CCl)O2. The third-order valence-electron chi connectivity index (χ3n) is 3.15. The molecule has 1 aliphatic rings. The van der Waals surface area contributed by atoms with Gasteiger partial charge in [-0.3, -0.25) is 0 Å². The average Bonchev–Trinajstić information content (AvgIpc) is 2.57. The second-order valence-corrected chi connectivity index (χ2v) is 4.33. The molecule has 0 fully saturated rings. The lowest BCUT2D eigenvalue weighted by molar-refractivity contribution is 0.258. The van der Waals surface area contributed by atoms with Crippen molar-refractivity contribution in [1.82, 2.24) is 0 Å². The predicted molar refractivity (Wildman–Crippen MR) is 59.5 cm³/mol. The lowest BCUT2D eigenvalue weighted by Crippen LogP contribution is -2.14. The Kier molecular flexibility index (Phi) is 2.44. The molecule has 2 heteroatoms. The van der Waals surface area contributed by atoms with Gasteiger partial charge >= 0.3 is 0 Å². The second-order valence-electron chi connectivity index (χ2n) is 4.02. The zero-order valence-electron chi connectivity index (χ0n) is 8.86. The third kappa shape index (κ3) is 1.40. The van der Waals surface area contributed by atoms with Gasteiger partial charge in [0, 0.05) is 12.0 Å². The Hall–Kier alpha value is -0.690. The van der Waals surface area contributed by atoms with Gasteiger partial charge < -0.3 is 4.74 Å². The lowest BCUT2D eigenvalue weighted by atomic mass is 9.96. The van der Waals surface area contributed by atoms with Crippen molar-refractivity contribution in [3.05, 3.63) is 28.3 Å². The summed E-state index contributed by atoms with van der Waals surface area (Å²) in [7, 11) is 0. The van der Waals surface area contributed by atoms with Crippen LogP contribution in [0.4, 0.5) is 0 Å². The van der Waals surface area contributed by atoms with E-state index in [1.807, 2.05) is 0 Å². The minimum Gasteiger partial charge on any atom is -0.489 e. The van der Waals surface area contributed by atoms with Gasteiger partial charge in [-0.25, -0.2) is 0 Å². The van der Waals surface area contributed by atoms with Crippen LogP contribution in [0.5, 0.6) is 5.75 Å². The smallest absolute Gasteiger partial charge is 0.123 e. The quantitative estimate of drug-likeness (QED) is 0.647. The Morgan fingerprint density at radius 1 is 1.36 bits per heavy atom. The van der Waals surface area contributed by atoms with Gasteiger partial charge in [0.25, 0.3) is 0 Å². The van der Waals surface area contributed by atoms with Gasteiger partial charge in [-0.05, 0) is 43.5 Å². The molecule has 1 heterocycles. The van der Waals surface area contributed by atoms with Gasteiger partial charge in [0.05, 0.1) is 5.88 Å². The molecular formula is C12H15ClO. The molecule has 0 saturated carbocycles. The van der Waals surface area contributed by atoms with Crippen molar-refractivity contribution in [3.63, 3.8) is 0 Å². The average molecular weight is 211 g/mol. The number of ether oxygens (including phenoxy) is 1. The summed E-state index contributed by atoms with van der Waals surface area (Å²) in [6, 6.07) is 2.13. The summed E-state index contributed by atoms with van der Waals surface area (Å²) >= 11 is 5.80. The van der Waals surface area contributed by atoms with Gasteiger partial charge in [-0.2, -0.15) is 0 Å².